The van der Waals surface area contributed by atoms with Crippen LogP contribution in [0.4, 0.5) is 4.39 Å². The van der Waals surface area contributed by atoms with E-state index in [9.17, 15) is 21.6 Å². The van der Waals surface area contributed by atoms with Gasteiger partial charge in [-0.25, -0.2) is 21.2 Å². The second kappa shape index (κ2) is 11.3. The second-order valence-corrected chi connectivity index (χ2v) is 13.3. The summed E-state index contributed by atoms with van der Waals surface area (Å²) in [6, 6.07) is 8.67. The lowest BCUT2D eigenvalue weighted by atomic mass is 9.93. The normalized spacial score (nSPS) is 17.5. The van der Waals surface area contributed by atoms with Gasteiger partial charge in [0.1, 0.15) is 5.75 Å². The van der Waals surface area contributed by atoms with E-state index in [0.29, 0.717) is 5.56 Å². The van der Waals surface area contributed by atoms with Crippen LogP contribution in [-0.4, -0.2) is 65.2 Å². The molecule has 0 unspecified atom stereocenters. The van der Waals surface area contributed by atoms with Gasteiger partial charge in [-0.3, -0.25) is 4.79 Å². The molecule has 3 rings (SSSR count). The van der Waals surface area contributed by atoms with Gasteiger partial charge in [-0.2, -0.15) is 4.31 Å². The summed E-state index contributed by atoms with van der Waals surface area (Å²) in [6.07, 6.45) is 1.47. The van der Waals surface area contributed by atoms with Crippen LogP contribution in [0.3, 0.4) is 0 Å². The molecule has 1 aliphatic heterocycles. The zero-order valence-corrected chi connectivity index (χ0v) is 23.5. The first-order valence-corrected chi connectivity index (χ1v) is 15.3. The van der Waals surface area contributed by atoms with E-state index >= 15 is 4.39 Å². The standard InChI is InChI=1S/C24H27Cl2FN2O6S2/c1-16(10-15-36(3,31)32)28-23(30)24(27)11-13-29(14-12-24)37(33,34)20-9-8-19(35-2)22(26)21(20)17-6-4-5-7-18(17)25/h4-10,15-16H,11-14H2,1-3H3,(H,28,30)/b15-10-/t16-/m1/s1. The van der Waals surface area contributed by atoms with Crippen LogP contribution in [0.2, 0.25) is 10.0 Å². The van der Waals surface area contributed by atoms with Crippen LogP contribution in [0.5, 0.6) is 5.75 Å². The maximum atomic E-state index is 15.5. The van der Waals surface area contributed by atoms with Gasteiger partial charge in [0, 0.05) is 59.8 Å². The Labute approximate surface area is 226 Å². The fourth-order valence-electron chi connectivity index (χ4n) is 3.92. The van der Waals surface area contributed by atoms with Crippen molar-refractivity contribution in [3.05, 3.63) is 57.9 Å². The SMILES string of the molecule is COc1ccc(S(=O)(=O)N2CCC(F)(C(=O)N[C@H](C)/C=C\S(C)(=O)=O)CC2)c(-c2ccccc2Cl)c1Cl. The Balaban J connectivity index is 1.86. The summed E-state index contributed by atoms with van der Waals surface area (Å²) in [5.74, 6) is -0.674. The Kier molecular flexibility index (Phi) is 8.96. The van der Waals surface area contributed by atoms with Crippen molar-refractivity contribution in [2.45, 2.75) is 36.4 Å². The molecular weight excluding hydrogens is 566 g/mol. The lowest BCUT2D eigenvalue weighted by Crippen LogP contribution is -2.53. The number of nitrogens with zero attached hydrogens (tertiary/aromatic N) is 1. The number of ether oxygens (including phenoxy) is 1. The molecule has 1 heterocycles. The quantitative estimate of drug-likeness (QED) is 0.491. The summed E-state index contributed by atoms with van der Waals surface area (Å²) in [4.78, 5) is 12.5. The van der Waals surface area contributed by atoms with E-state index in [1.54, 1.807) is 24.3 Å². The molecule has 1 saturated heterocycles. The third-order valence-corrected chi connectivity index (χ3v) is 9.24. The molecule has 0 spiro atoms. The van der Waals surface area contributed by atoms with E-state index in [2.05, 4.69) is 5.32 Å². The van der Waals surface area contributed by atoms with Crippen LogP contribution in [-0.2, 0) is 24.7 Å². The minimum absolute atomic E-state index is 0.0593. The summed E-state index contributed by atoms with van der Waals surface area (Å²) in [5.41, 5.74) is -1.77. The summed E-state index contributed by atoms with van der Waals surface area (Å²) < 4.78 is 71.7. The van der Waals surface area contributed by atoms with E-state index < -0.39 is 37.5 Å². The number of piperidine rings is 1. The van der Waals surface area contributed by atoms with Crippen LogP contribution in [0, 0.1) is 0 Å². The molecule has 0 aliphatic carbocycles. The van der Waals surface area contributed by atoms with Crippen LogP contribution in [0.1, 0.15) is 19.8 Å². The highest BCUT2D eigenvalue weighted by Gasteiger charge is 2.45. The van der Waals surface area contributed by atoms with Crippen molar-refractivity contribution in [2.24, 2.45) is 0 Å². The third-order valence-electron chi connectivity index (χ3n) is 5.94. The molecule has 8 nitrogen and oxygen atoms in total. The molecule has 0 radical (unpaired) electrons. The zero-order valence-electron chi connectivity index (χ0n) is 20.4. The number of nitrogens with one attached hydrogen (secondary N) is 1. The summed E-state index contributed by atoms with van der Waals surface area (Å²) in [6.45, 7) is 0.989. The first-order valence-electron chi connectivity index (χ1n) is 11.2. The number of sulfone groups is 1. The molecule has 37 heavy (non-hydrogen) atoms. The molecule has 1 atom stereocenters. The van der Waals surface area contributed by atoms with Crippen molar-refractivity contribution < 1.29 is 30.8 Å². The first kappa shape index (κ1) is 29.4. The van der Waals surface area contributed by atoms with Crippen LogP contribution in [0.25, 0.3) is 11.1 Å². The number of amides is 1. The van der Waals surface area contributed by atoms with Gasteiger partial charge in [0.05, 0.1) is 17.0 Å². The van der Waals surface area contributed by atoms with Gasteiger partial charge in [-0.05, 0) is 25.1 Å². The number of methoxy groups -OCH3 is 1. The Morgan fingerprint density at radius 2 is 1.76 bits per heavy atom. The molecule has 202 valence electrons. The number of halogens is 3. The molecule has 0 saturated carbocycles. The minimum Gasteiger partial charge on any atom is -0.495 e. The number of carbonyl (C=O) groups is 1. The molecule has 1 N–H and O–H groups in total. The number of hydrogen-bond donors (Lipinski definition) is 1. The number of carbonyl (C=O) groups excluding carboxylic acids is 1. The number of alkyl halides is 1. The topological polar surface area (TPSA) is 110 Å². The Bertz CT molecular complexity index is 1420. The van der Waals surface area contributed by atoms with Gasteiger partial charge in [-0.15, -0.1) is 0 Å². The van der Waals surface area contributed by atoms with Gasteiger partial charge in [-0.1, -0.05) is 47.5 Å². The van der Waals surface area contributed by atoms with Crippen LogP contribution < -0.4 is 10.1 Å². The van der Waals surface area contributed by atoms with Gasteiger partial charge >= 0.3 is 0 Å². The average Bonchev–Trinajstić information content (AvgIpc) is 2.83. The van der Waals surface area contributed by atoms with Gasteiger partial charge in [0.2, 0.25) is 10.0 Å². The van der Waals surface area contributed by atoms with Crippen molar-refractivity contribution >= 4 is 49.0 Å². The lowest BCUT2D eigenvalue weighted by Gasteiger charge is -2.35. The molecule has 2 aromatic carbocycles. The zero-order chi connectivity index (χ0) is 27.6. The Hall–Kier alpha value is -2.18. The van der Waals surface area contributed by atoms with Crippen molar-refractivity contribution in [3.63, 3.8) is 0 Å². The van der Waals surface area contributed by atoms with Crippen molar-refractivity contribution in [3.8, 4) is 16.9 Å². The lowest BCUT2D eigenvalue weighted by molar-refractivity contribution is -0.135. The minimum atomic E-state index is -4.17. The Morgan fingerprint density at radius 3 is 2.32 bits per heavy atom. The van der Waals surface area contributed by atoms with Crippen molar-refractivity contribution in [1.82, 2.24) is 9.62 Å². The highest BCUT2D eigenvalue weighted by molar-refractivity contribution is 7.93. The van der Waals surface area contributed by atoms with Crippen LogP contribution >= 0.6 is 23.2 Å². The van der Waals surface area contributed by atoms with Gasteiger partial charge in [0.25, 0.3) is 5.91 Å². The predicted molar refractivity (Wildman–Crippen MR) is 142 cm³/mol. The highest BCUT2D eigenvalue weighted by atomic mass is 35.5. The molecule has 1 aliphatic rings. The Morgan fingerprint density at radius 1 is 1.14 bits per heavy atom. The molecule has 13 heteroatoms. The first-order chi connectivity index (χ1) is 17.2. The average molecular weight is 594 g/mol. The van der Waals surface area contributed by atoms with Crippen molar-refractivity contribution in [2.75, 3.05) is 26.5 Å². The number of rotatable bonds is 8. The molecule has 0 aromatic heterocycles. The second-order valence-electron chi connectivity index (χ2n) is 8.72. The van der Waals surface area contributed by atoms with Crippen LogP contribution in [0.15, 0.2) is 52.8 Å². The maximum absolute atomic E-state index is 15.5. The number of sulfonamides is 1. The van der Waals surface area contributed by atoms with Gasteiger partial charge < -0.3 is 10.1 Å². The number of hydrogen-bond acceptors (Lipinski definition) is 6. The fraction of sp³-hybridized carbons (Fsp3) is 0.375. The van der Waals surface area contributed by atoms with Gasteiger partial charge in [0.15, 0.2) is 15.5 Å². The highest BCUT2D eigenvalue weighted by Crippen LogP contribution is 2.44. The summed E-state index contributed by atoms with van der Waals surface area (Å²) >= 11 is 12.9. The summed E-state index contributed by atoms with van der Waals surface area (Å²) in [7, 11) is -6.17. The number of benzene rings is 2. The van der Waals surface area contributed by atoms with E-state index in [1.165, 1.54) is 32.2 Å². The monoisotopic (exact) mass is 592 g/mol. The molecule has 0 bridgehead atoms. The van der Waals surface area contributed by atoms with E-state index in [-0.39, 0.29) is 52.2 Å². The molecule has 2 aromatic rings. The van der Waals surface area contributed by atoms with E-state index in [0.717, 1.165) is 16.0 Å². The van der Waals surface area contributed by atoms with E-state index in [4.69, 9.17) is 27.9 Å². The maximum Gasteiger partial charge on any atom is 0.258 e. The molecule has 1 fully saturated rings. The third kappa shape index (κ3) is 6.64. The van der Waals surface area contributed by atoms with E-state index in [1.807, 2.05) is 0 Å². The molecular formula is C24H27Cl2FN2O6S2. The predicted octanol–water partition coefficient (Wildman–Crippen LogP) is 4.22. The molecule has 1 amide bonds. The smallest absolute Gasteiger partial charge is 0.258 e. The van der Waals surface area contributed by atoms with Crippen molar-refractivity contribution in [1.29, 1.82) is 0 Å². The largest absolute Gasteiger partial charge is 0.495 e. The fourth-order valence-corrected chi connectivity index (χ4v) is 6.72. The summed E-state index contributed by atoms with van der Waals surface area (Å²) in [5, 5.41) is 3.69.